The minimum atomic E-state index is -0.0115. The summed E-state index contributed by atoms with van der Waals surface area (Å²) in [5.41, 5.74) is 1.62. The summed E-state index contributed by atoms with van der Waals surface area (Å²) in [6, 6.07) is 9.18. The average molecular weight is 413 g/mol. The molecule has 2 aromatic heterocycles. The second kappa shape index (κ2) is 8.59. The topological polar surface area (TPSA) is 76.4 Å². The Morgan fingerprint density at radius 1 is 1.17 bits per heavy atom. The number of piperazine rings is 1. The molecule has 0 saturated carbocycles. The first-order valence-electron chi connectivity index (χ1n) is 9.29. The molecule has 29 heavy (non-hydrogen) atoms. The third-order valence-corrected chi connectivity index (χ3v) is 5.18. The Morgan fingerprint density at radius 2 is 2.00 bits per heavy atom. The second-order valence-corrected chi connectivity index (χ2v) is 7.21. The lowest BCUT2D eigenvalue weighted by molar-refractivity contribution is 0.0627. The molecule has 8 nitrogen and oxygen atoms in total. The van der Waals surface area contributed by atoms with Crippen LogP contribution in [0.3, 0.4) is 0 Å². The van der Waals surface area contributed by atoms with Gasteiger partial charge in [-0.15, -0.1) is 0 Å². The number of amides is 1. The van der Waals surface area contributed by atoms with Gasteiger partial charge in [0.2, 0.25) is 0 Å². The van der Waals surface area contributed by atoms with Crippen molar-refractivity contribution in [1.29, 1.82) is 0 Å². The minimum absolute atomic E-state index is 0.0115. The van der Waals surface area contributed by atoms with Crippen LogP contribution in [0.1, 0.15) is 15.9 Å². The van der Waals surface area contributed by atoms with Gasteiger partial charge in [-0.2, -0.15) is 5.10 Å². The number of nitrogens with zero attached hydrogens (tertiary/aromatic N) is 6. The molecule has 0 aliphatic carbocycles. The monoisotopic (exact) mass is 412 g/mol. The largest absolute Gasteiger partial charge is 0.496 e. The molecule has 9 heteroatoms. The van der Waals surface area contributed by atoms with E-state index in [9.17, 15) is 4.79 Å². The van der Waals surface area contributed by atoms with Crippen molar-refractivity contribution >= 4 is 17.5 Å². The summed E-state index contributed by atoms with van der Waals surface area (Å²) < 4.78 is 6.98. The molecule has 0 unspecified atom stereocenters. The van der Waals surface area contributed by atoms with E-state index in [-0.39, 0.29) is 5.91 Å². The van der Waals surface area contributed by atoms with Crippen LogP contribution in [-0.2, 0) is 6.54 Å². The van der Waals surface area contributed by atoms with Crippen molar-refractivity contribution in [2.75, 3.05) is 33.3 Å². The molecule has 1 aliphatic heterocycles. The average Bonchev–Trinajstić information content (AvgIpc) is 3.29. The molecule has 4 rings (SSSR count). The lowest BCUT2D eigenvalue weighted by Gasteiger charge is -2.35. The smallest absolute Gasteiger partial charge is 0.255 e. The number of methoxy groups -OCH3 is 1. The molecule has 1 aliphatic rings. The first-order valence-corrected chi connectivity index (χ1v) is 9.67. The molecule has 0 spiro atoms. The standard InChI is InChI=1S/C20H21ClN6O2/c1-29-18-4-3-17(21)10-16(18)12-25-6-8-26(9-7-25)20(28)15-2-5-19(23-11-15)27-14-22-13-24-27/h2-5,10-11,13-14H,6-9,12H2,1H3. The molecule has 150 valence electrons. The molecule has 1 saturated heterocycles. The van der Waals surface area contributed by atoms with E-state index >= 15 is 0 Å². The molecule has 0 N–H and O–H groups in total. The van der Waals surface area contributed by atoms with Crippen molar-refractivity contribution in [1.82, 2.24) is 29.5 Å². The fourth-order valence-corrected chi connectivity index (χ4v) is 3.57. The number of halogens is 1. The van der Waals surface area contributed by atoms with E-state index in [0.29, 0.717) is 29.5 Å². The van der Waals surface area contributed by atoms with Crippen molar-refractivity contribution in [2.24, 2.45) is 0 Å². The maximum Gasteiger partial charge on any atom is 0.255 e. The number of aromatic nitrogens is 4. The highest BCUT2D eigenvalue weighted by Gasteiger charge is 2.23. The lowest BCUT2D eigenvalue weighted by Crippen LogP contribution is -2.48. The molecule has 1 aromatic carbocycles. The first-order chi connectivity index (χ1) is 14.1. The SMILES string of the molecule is COc1ccc(Cl)cc1CN1CCN(C(=O)c2ccc(-n3cncn3)nc2)CC1. The van der Waals surface area contributed by atoms with Gasteiger partial charge in [-0.3, -0.25) is 9.69 Å². The summed E-state index contributed by atoms with van der Waals surface area (Å²) in [7, 11) is 1.66. The van der Waals surface area contributed by atoms with Crippen molar-refractivity contribution in [2.45, 2.75) is 6.54 Å². The molecule has 1 amide bonds. The third kappa shape index (κ3) is 4.38. The van der Waals surface area contributed by atoms with Crippen molar-refractivity contribution in [3.63, 3.8) is 0 Å². The van der Waals surface area contributed by atoms with E-state index in [1.807, 2.05) is 23.1 Å². The quantitative estimate of drug-likeness (QED) is 0.640. The van der Waals surface area contributed by atoms with Crippen LogP contribution in [-0.4, -0.2) is 68.7 Å². The highest BCUT2D eigenvalue weighted by atomic mass is 35.5. The molecule has 3 heterocycles. The number of carbonyl (C=O) groups excluding carboxylic acids is 1. The van der Waals surface area contributed by atoms with Crippen molar-refractivity contribution < 1.29 is 9.53 Å². The van der Waals surface area contributed by atoms with E-state index in [1.54, 1.807) is 36.4 Å². The Hall–Kier alpha value is -2.97. The Labute approximate surface area is 173 Å². The van der Waals surface area contributed by atoms with Crippen LogP contribution in [0, 0.1) is 0 Å². The van der Waals surface area contributed by atoms with Gasteiger partial charge >= 0.3 is 0 Å². The number of benzene rings is 1. The predicted octanol–water partition coefficient (Wildman–Crippen LogP) is 2.28. The maximum absolute atomic E-state index is 12.8. The van der Waals surface area contributed by atoms with Gasteiger partial charge in [0.05, 0.1) is 12.7 Å². The summed E-state index contributed by atoms with van der Waals surface area (Å²) in [6.45, 7) is 3.62. The Morgan fingerprint density at radius 3 is 2.66 bits per heavy atom. The predicted molar refractivity (Wildman–Crippen MR) is 108 cm³/mol. The van der Waals surface area contributed by atoms with Gasteiger partial charge in [0.25, 0.3) is 5.91 Å². The first kappa shape index (κ1) is 19.4. The molecule has 0 radical (unpaired) electrons. The van der Waals surface area contributed by atoms with E-state index in [2.05, 4.69) is 20.0 Å². The third-order valence-electron chi connectivity index (χ3n) is 4.94. The van der Waals surface area contributed by atoms with Crippen LogP contribution >= 0.6 is 11.6 Å². The van der Waals surface area contributed by atoms with E-state index in [1.165, 1.54) is 6.33 Å². The highest BCUT2D eigenvalue weighted by Crippen LogP contribution is 2.24. The molecule has 3 aromatic rings. The van der Waals surface area contributed by atoms with Gasteiger partial charge < -0.3 is 9.64 Å². The van der Waals surface area contributed by atoms with Crippen molar-refractivity contribution in [3.05, 3.63) is 65.3 Å². The summed E-state index contributed by atoms with van der Waals surface area (Å²) in [5.74, 6) is 1.44. The highest BCUT2D eigenvalue weighted by molar-refractivity contribution is 6.30. The van der Waals surface area contributed by atoms with Crippen molar-refractivity contribution in [3.8, 4) is 11.6 Å². The minimum Gasteiger partial charge on any atom is -0.496 e. The van der Waals surface area contributed by atoms with E-state index in [4.69, 9.17) is 16.3 Å². The van der Waals surface area contributed by atoms with Gasteiger partial charge in [0.15, 0.2) is 5.82 Å². The zero-order chi connectivity index (χ0) is 20.2. The Bertz CT molecular complexity index is 969. The fourth-order valence-electron chi connectivity index (χ4n) is 3.38. The van der Waals surface area contributed by atoms with E-state index in [0.717, 1.165) is 30.9 Å². The van der Waals surface area contributed by atoms with Crippen LogP contribution in [0.2, 0.25) is 5.02 Å². The van der Waals surface area contributed by atoms with E-state index < -0.39 is 0 Å². The Balaban J connectivity index is 1.36. The molecular weight excluding hydrogens is 392 g/mol. The van der Waals surface area contributed by atoms with Crippen LogP contribution in [0.25, 0.3) is 5.82 Å². The molecule has 0 atom stereocenters. The van der Waals surface area contributed by atoms with Gasteiger partial charge in [-0.05, 0) is 30.3 Å². The second-order valence-electron chi connectivity index (χ2n) is 6.77. The zero-order valence-electron chi connectivity index (χ0n) is 16.0. The summed E-state index contributed by atoms with van der Waals surface area (Å²) >= 11 is 6.13. The molecule has 1 fully saturated rings. The number of hydrogen-bond acceptors (Lipinski definition) is 6. The summed E-state index contributed by atoms with van der Waals surface area (Å²) in [6.07, 6.45) is 4.60. The van der Waals surface area contributed by atoms with Gasteiger partial charge in [0, 0.05) is 49.5 Å². The van der Waals surface area contributed by atoms with Crippen LogP contribution < -0.4 is 4.74 Å². The van der Waals surface area contributed by atoms with Crippen LogP contribution in [0.15, 0.2) is 49.2 Å². The molecule has 0 bridgehead atoms. The molecular formula is C20H21ClN6O2. The van der Waals surface area contributed by atoms with Gasteiger partial charge in [-0.1, -0.05) is 11.6 Å². The maximum atomic E-state index is 12.8. The van der Waals surface area contributed by atoms with Crippen LogP contribution in [0.4, 0.5) is 0 Å². The normalized spacial score (nSPS) is 14.8. The Kier molecular flexibility index (Phi) is 5.73. The van der Waals surface area contributed by atoms with Gasteiger partial charge in [0.1, 0.15) is 18.4 Å². The summed E-state index contributed by atoms with van der Waals surface area (Å²) in [4.78, 5) is 25.2. The van der Waals surface area contributed by atoms with Gasteiger partial charge in [-0.25, -0.2) is 14.6 Å². The fraction of sp³-hybridized carbons (Fsp3) is 0.300. The summed E-state index contributed by atoms with van der Waals surface area (Å²) in [5, 5.41) is 4.73. The lowest BCUT2D eigenvalue weighted by atomic mass is 10.1. The number of ether oxygens (including phenoxy) is 1. The number of pyridine rings is 1. The number of hydrogen-bond donors (Lipinski definition) is 0. The number of carbonyl (C=O) groups is 1. The number of rotatable bonds is 5. The zero-order valence-corrected chi connectivity index (χ0v) is 16.8. The van der Waals surface area contributed by atoms with Crippen LogP contribution in [0.5, 0.6) is 5.75 Å².